The lowest BCUT2D eigenvalue weighted by atomic mass is 10.1. The molecule has 0 saturated heterocycles. The van der Waals surface area contributed by atoms with Crippen molar-refractivity contribution in [2.45, 2.75) is 0 Å². The summed E-state index contributed by atoms with van der Waals surface area (Å²) in [7, 11) is 3.27. The number of hydrogen-bond donors (Lipinski definition) is 3. The molecule has 0 aliphatic rings. The summed E-state index contributed by atoms with van der Waals surface area (Å²) in [4.78, 5) is 23.9. The molecule has 0 spiro atoms. The number of nitrogen functional groups attached to an aromatic ring is 1. The zero-order valence-electron chi connectivity index (χ0n) is 9.86. The molecule has 0 aliphatic carbocycles. The predicted molar refractivity (Wildman–Crippen MR) is 66.7 cm³/mol. The fraction of sp³-hybridized carbons (Fsp3) is 0.273. The van der Waals surface area contributed by atoms with Gasteiger partial charge < -0.3 is 21.7 Å². The second-order valence-electron chi connectivity index (χ2n) is 3.67. The molecule has 6 heteroatoms. The van der Waals surface area contributed by atoms with Crippen molar-refractivity contribution >= 4 is 23.2 Å². The third-order valence-electron chi connectivity index (χ3n) is 2.39. The van der Waals surface area contributed by atoms with E-state index in [2.05, 4.69) is 5.32 Å². The van der Waals surface area contributed by atoms with E-state index in [-0.39, 0.29) is 12.5 Å². The van der Waals surface area contributed by atoms with Crippen molar-refractivity contribution in [2.75, 3.05) is 31.3 Å². The van der Waals surface area contributed by atoms with E-state index in [9.17, 15) is 9.59 Å². The average Bonchev–Trinajstić information content (AvgIpc) is 2.28. The molecule has 0 bridgehead atoms. The smallest absolute Gasteiger partial charge is 0.248 e. The Kier molecular flexibility index (Phi) is 3.92. The summed E-state index contributed by atoms with van der Waals surface area (Å²) in [5, 5.41) is 2.51. The van der Waals surface area contributed by atoms with Crippen LogP contribution in [0, 0.1) is 0 Å². The summed E-state index contributed by atoms with van der Waals surface area (Å²) in [6, 6.07) is 4.71. The van der Waals surface area contributed by atoms with E-state index in [1.807, 2.05) is 0 Å². The van der Waals surface area contributed by atoms with Crippen LogP contribution in [-0.4, -0.2) is 32.5 Å². The van der Waals surface area contributed by atoms with Crippen molar-refractivity contribution in [1.29, 1.82) is 0 Å². The van der Waals surface area contributed by atoms with Gasteiger partial charge in [-0.3, -0.25) is 9.59 Å². The number of rotatable bonds is 4. The van der Waals surface area contributed by atoms with Crippen molar-refractivity contribution in [3.8, 4) is 0 Å². The number of carbonyl (C=O) groups excluding carboxylic acids is 2. The van der Waals surface area contributed by atoms with Crippen molar-refractivity contribution in [2.24, 2.45) is 5.73 Å². The van der Waals surface area contributed by atoms with Crippen LogP contribution in [-0.2, 0) is 4.79 Å². The second-order valence-corrected chi connectivity index (χ2v) is 3.67. The monoisotopic (exact) mass is 236 g/mol. The molecule has 0 radical (unpaired) electrons. The third kappa shape index (κ3) is 3.10. The van der Waals surface area contributed by atoms with Gasteiger partial charge in [-0.2, -0.15) is 0 Å². The van der Waals surface area contributed by atoms with Crippen LogP contribution in [0.15, 0.2) is 18.2 Å². The highest BCUT2D eigenvalue weighted by Crippen LogP contribution is 2.23. The zero-order valence-corrected chi connectivity index (χ0v) is 9.86. The van der Waals surface area contributed by atoms with E-state index in [1.54, 1.807) is 37.2 Å². The predicted octanol–water partition coefficient (Wildman–Crippen LogP) is -0.450. The molecule has 0 saturated carbocycles. The Balaban J connectivity index is 2.99. The molecular weight excluding hydrogens is 220 g/mol. The Morgan fingerprint density at radius 1 is 1.41 bits per heavy atom. The first-order valence-electron chi connectivity index (χ1n) is 5.06. The molecule has 2 amide bonds. The molecule has 0 aromatic heterocycles. The average molecular weight is 236 g/mol. The van der Waals surface area contributed by atoms with E-state index in [0.29, 0.717) is 16.9 Å². The first-order valence-corrected chi connectivity index (χ1v) is 5.06. The lowest BCUT2D eigenvalue weighted by molar-refractivity contribution is -0.119. The van der Waals surface area contributed by atoms with Crippen LogP contribution in [0.2, 0.25) is 0 Å². The largest absolute Gasteiger partial charge is 0.397 e. The number of nitrogens with zero attached hydrogens (tertiary/aromatic N) is 1. The molecule has 0 aliphatic heterocycles. The van der Waals surface area contributed by atoms with Gasteiger partial charge in [0.1, 0.15) is 0 Å². The minimum absolute atomic E-state index is 0.142. The number of likely N-dealkylation sites (N-methyl/N-ethyl adjacent to an activating group) is 2. The number of primary amides is 1. The van der Waals surface area contributed by atoms with Gasteiger partial charge in [-0.25, -0.2) is 0 Å². The van der Waals surface area contributed by atoms with E-state index in [0.717, 1.165) is 0 Å². The van der Waals surface area contributed by atoms with E-state index < -0.39 is 5.91 Å². The topological polar surface area (TPSA) is 101 Å². The van der Waals surface area contributed by atoms with Crippen molar-refractivity contribution < 1.29 is 9.59 Å². The van der Waals surface area contributed by atoms with Crippen LogP contribution >= 0.6 is 0 Å². The number of benzene rings is 1. The standard InChI is InChI=1S/C11H16N4O2/c1-14-10(16)6-15(2)9-5-7(11(13)17)3-4-8(9)12/h3-5H,6,12H2,1-2H3,(H2,13,17)(H,14,16). The SMILES string of the molecule is CNC(=O)CN(C)c1cc(C(N)=O)ccc1N. The number of nitrogens with one attached hydrogen (secondary N) is 1. The summed E-state index contributed by atoms with van der Waals surface area (Å²) in [6.07, 6.45) is 0. The molecule has 1 rings (SSSR count). The van der Waals surface area contributed by atoms with Gasteiger partial charge >= 0.3 is 0 Å². The number of anilines is 2. The van der Waals surface area contributed by atoms with Gasteiger partial charge in [0, 0.05) is 19.7 Å². The van der Waals surface area contributed by atoms with Crippen LogP contribution < -0.4 is 21.7 Å². The molecule has 1 aromatic rings. The first kappa shape index (κ1) is 12.8. The summed E-state index contributed by atoms with van der Waals surface area (Å²) >= 11 is 0. The molecule has 0 heterocycles. The Morgan fingerprint density at radius 3 is 2.59 bits per heavy atom. The molecule has 0 atom stereocenters. The van der Waals surface area contributed by atoms with Gasteiger partial charge in [0.2, 0.25) is 11.8 Å². The minimum Gasteiger partial charge on any atom is -0.397 e. The maximum absolute atomic E-state index is 11.2. The van der Waals surface area contributed by atoms with Crippen molar-refractivity contribution in [3.05, 3.63) is 23.8 Å². The maximum atomic E-state index is 11.2. The molecular formula is C11H16N4O2. The third-order valence-corrected chi connectivity index (χ3v) is 2.39. The number of amides is 2. The zero-order chi connectivity index (χ0) is 13.0. The quantitative estimate of drug-likeness (QED) is 0.616. The molecule has 17 heavy (non-hydrogen) atoms. The van der Waals surface area contributed by atoms with E-state index in [4.69, 9.17) is 11.5 Å². The fourth-order valence-electron chi connectivity index (χ4n) is 1.41. The maximum Gasteiger partial charge on any atom is 0.248 e. The lowest BCUT2D eigenvalue weighted by Crippen LogP contribution is -2.33. The number of hydrogen-bond acceptors (Lipinski definition) is 4. The van der Waals surface area contributed by atoms with Gasteiger partial charge in [0.25, 0.3) is 0 Å². The molecule has 1 aromatic carbocycles. The molecule has 0 unspecified atom stereocenters. The molecule has 0 fully saturated rings. The highest BCUT2D eigenvalue weighted by molar-refractivity contribution is 5.95. The number of nitrogens with two attached hydrogens (primary N) is 2. The van der Waals surface area contributed by atoms with Crippen molar-refractivity contribution in [3.63, 3.8) is 0 Å². The van der Waals surface area contributed by atoms with Gasteiger partial charge in [0.15, 0.2) is 0 Å². The summed E-state index contributed by atoms with van der Waals surface area (Å²) in [5.41, 5.74) is 12.4. The molecule has 5 N–H and O–H groups in total. The Hall–Kier alpha value is -2.24. The van der Waals surface area contributed by atoms with Crippen molar-refractivity contribution in [1.82, 2.24) is 5.32 Å². The van der Waals surface area contributed by atoms with Crippen LogP contribution in [0.4, 0.5) is 11.4 Å². The van der Waals surface area contributed by atoms with Crippen LogP contribution in [0.5, 0.6) is 0 Å². The fourth-order valence-corrected chi connectivity index (χ4v) is 1.41. The van der Waals surface area contributed by atoms with Crippen LogP contribution in [0.1, 0.15) is 10.4 Å². The van der Waals surface area contributed by atoms with E-state index in [1.165, 1.54) is 0 Å². The van der Waals surface area contributed by atoms with Gasteiger partial charge in [-0.1, -0.05) is 0 Å². The summed E-state index contributed by atoms with van der Waals surface area (Å²) in [5.74, 6) is -0.670. The molecule has 6 nitrogen and oxygen atoms in total. The number of carbonyl (C=O) groups is 2. The minimum atomic E-state index is -0.528. The van der Waals surface area contributed by atoms with Gasteiger partial charge in [-0.15, -0.1) is 0 Å². The Morgan fingerprint density at radius 2 is 2.06 bits per heavy atom. The van der Waals surface area contributed by atoms with Gasteiger partial charge in [0.05, 0.1) is 17.9 Å². The summed E-state index contributed by atoms with van der Waals surface area (Å²) < 4.78 is 0. The second kappa shape index (κ2) is 5.20. The molecule has 92 valence electrons. The van der Waals surface area contributed by atoms with Gasteiger partial charge in [-0.05, 0) is 18.2 Å². The highest BCUT2D eigenvalue weighted by atomic mass is 16.2. The van der Waals surface area contributed by atoms with E-state index >= 15 is 0 Å². The van der Waals surface area contributed by atoms with Crippen LogP contribution in [0.25, 0.3) is 0 Å². The Labute approximate surface area is 99.6 Å². The Bertz CT molecular complexity index is 445. The highest BCUT2D eigenvalue weighted by Gasteiger charge is 2.11. The lowest BCUT2D eigenvalue weighted by Gasteiger charge is -2.20. The van der Waals surface area contributed by atoms with Crippen LogP contribution in [0.3, 0.4) is 0 Å². The first-order chi connectivity index (χ1) is 7.95. The normalized spacial score (nSPS) is 9.76. The summed E-state index contributed by atoms with van der Waals surface area (Å²) in [6.45, 7) is 0.156.